The molecule has 13 heteroatoms. The number of hydrogen-bond acceptors (Lipinski definition) is 4. The van der Waals surface area contributed by atoms with Crippen molar-refractivity contribution in [2.24, 2.45) is 5.41 Å². The fourth-order valence-corrected chi connectivity index (χ4v) is 4.96. The summed E-state index contributed by atoms with van der Waals surface area (Å²) in [5, 5.41) is 13.0. The van der Waals surface area contributed by atoms with E-state index in [-0.39, 0.29) is 33.4 Å². The summed E-state index contributed by atoms with van der Waals surface area (Å²) in [4.78, 5) is 16.4. The maximum atomic E-state index is 15.2. The predicted octanol–water partition coefficient (Wildman–Crippen LogP) is 5.32. The number of rotatable bonds is 3. The largest absolute Gasteiger partial charge is 0.481 e. The van der Waals surface area contributed by atoms with Crippen LogP contribution in [0.1, 0.15) is 31.0 Å². The first-order chi connectivity index (χ1) is 15.6. The molecule has 1 aliphatic heterocycles. The van der Waals surface area contributed by atoms with Crippen LogP contribution in [0.3, 0.4) is 0 Å². The summed E-state index contributed by atoms with van der Waals surface area (Å²) in [5.41, 5.74) is -5.76. The Labute approximate surface area is 192 Å². The number of carboxylic acids is 1. The van der Waals surface area contributed by atoms with E-state index in [1.165, 1.54) is 6.07 Å². The molecule has 1 fully saturated rings. The Kier molecular flexibility index (Phi) is 4.39. The summed E-state index contributed by atoms with van der Waals surface area (Å²) < 4.78 is 87.2. The maximum Gasteiger partial charge on any atom is 0.401 e. The lowest BCUT2D eigenvalue weighted by molar-refractivity contribution is -0.181. The van der Waals surface area contributed by atoms with E-state index >= 15 is 4.39 Å². The van der Waals surface area contributed by atoms with Gasteiger partial charge in [0, 0.05) is 12.6 Å². The van der Waals surface area contributed by atoms with E-state index in [4.69, 9.17) is 11.6 Å². The minimum Gasteiger partial charge on any atom is -0.481 e. The number of alkyl halides is 5. The highest BCUT2D eigenvalue weighted by Crippen LogP contribution is 2.71. The van der Waals surface area contributed by atoms with Crippen molar-refractivity contribution in [1.29, 1.82) is 0 Å². The van der Waals surface area contributed by atoms with Gasteiger partial charge in [0.2, 0.25) is 0 Å². The van der Waals surface area contributed by atoms with Gasteiger partial charge in [0.05, 0.1) is 29.2 Å². The van der Waals surface area contributed by atoms with Gasteiger partial charge in [-0.05, 0) is 31.5 Å². The lowest BCUT2D eigenvalue weighted by Crippen LogP contribution is -2.43. The monoisotopic (exact) mass is 504 g/mol. The molecule has 0 radical (unpaired) electrons. The third kappa shape index (κ3) is 2.68. The molecule has 2 unspecified atom stereocenters. The van der Waals surface area contributed by atoms with E-state index in [9.17, 15) is 31.9 Å². The van der Waals surface area contributed by atoms with E-state index in [1.807, 2.05) is 0 Å². The molecule has 0 spiro atoms. The molecule has 1 saturated carbocycles. The highest BCUT2D eigenvalue weighted by Gasteiger charge is 2.83. The molecule has 6 nitrogen and oxygen atoms in total. The number of carboxylic acid groups (broad SMARTS) is 1. The molecule has 1 aromatic carbocycles. The van der Waals surface area contributed by atoms with Crippen molar-refractivity contribution < 1.29 is 36.2 Å². The average molecular weight is 505 g/mol. The molecule has 34 heavy (non-hydrogen) atoms. The maximum absolute atomic E-state index is 15.2. The van der Waals surface area contributed by atoms with Crippen LogP contribution >= 0.6 is 11.6 Å². The van der Waals surface area contributed by atoms with Gasteiger partial charge in [0.25, 0.3) is 5.92 Å². The molecule has 180 valence electrons. The van der Waals surface area contributed by atoms with Crippen LogP contribution in [-0.2, 0) is 10.2 Å². The van der Waals surface area contributed by atoms with Gasteiger partial charge < -0.3 is 10.0 Å². The third-order valence-corrected chi connectivity index (χ3v) is 7.12. The van der Waals surface area contributed by atoms with Gasteiger partial charge in [-0.2, -0.15) is 18.3 Å². The number of aromatic nitrogens is 3. The van der Waals surface area contributed by atoms with Gasteiger partial charge in [0.1, 0.15) is 16.6 Å². The van der Waals surface area contributed by atoms with Crippen molar-refractivity contribution in [2.75, 3.05) is 11.4 Å². The Morgan fingerprint density at radius 2 is 1.88 bits per heavy atom. The van der Waals surface area contributed by atoms with Crippen molar-refractivity contribution in [3.8, 4) is 0 Å². The van der Waals surface area contributed by atoms with Crippen molar-refractivity contribution in [1.82, 2.24) is 14.6 Å². The molecule has 1 aliphatic carbocycles. The van der Waals surface area contributed by atoms with Gasteiger partial charge in [-0.25, -0.2) is 22.7 Å². The lowest BCUT2D eigenvalue weighted by Gasteiger charge is -2.28. The van der Waals surface area contributed by atoms with Gasteiger partial charge >= 0.3 is 12.1 Å². The number of hydrogen-bond donors (Lipinski definition) is 1. The van der Waals surface area contributed by atoms with Crippen molar-refractivity contribution in [3.63, 3.8) is 0 Å². The Morgan fingerprint density at radius 3 is 2.44 bits per heavy atom. The highest BCUT2D eigenvalue weighted by atomic mass is 35.5. The van der Waals surface area contributed by atoms with Crippen LogP contribution in [0.2, 0.25) is 5.15 Å². The Hall–Kier alpha value is -3.02. The standard InChI is InChI=1S/C21H15ClF6N4O2/c1-18(21(26,27)28)8-31(12-7-29-14-6-13(22)30-32(14)16(12)18)11-4-3-9(5-10(11)23)15-19(2,17(33)34)20(15,24)25/h3-7,15H,8H2,1-2H3,(H,33,34)/t15?,18-,19?/m1/s1. The van der Waals surface area contributed by atoms with Crippen LogP contribution in [-0.4, -0.2) is 44.3 Å². The predicted molar refractivity (Wildman–Crippen MR) is 108 cm³/mol. The van der Waals surface area contributed by atoms with Crippen molar-refractivity contribution in [3.05, 3.63) is 52.7 Å². The van der Waals surface area contributed by atoms with Gasteiger partial charge in [0.15, 0.2) is 10.8 Å². The van der Waals surface area contributed by atoms with Crippen LogP contribution in [0.5, 0.6) is 0 Å². The van der Waals surface area contributed by atoms with E-state index in [0.717, 1.165) is 47.7 Å². The second-order valence-electron chi connectivity index (χ2n) is 8.92. The van der Waals surface area contributed by atoms with Gasteiger partial charge in [-0.15, -0.1) is 0 Å². The normalized spacial score (nSPS) is 27.8. The zero-order chi connectivity index (χ0) is 25.0. The molecule has 3 heterocycles. The van der Waals surface area contributed by atoms with E-state index < -0.39 is 47.2 Å². The first-order valence-electron chi connectivity index (χ1n) is 9.94. The summed E-state index contributed by atoms with van der Waals surface area (Å²) in [6.07, 6.45) is -3.62. The number of fused-ring (bicyclic) bond motifs is 3. The summed E-state index contributed by atoms with van der Waals surface area (Å²) >= 11 is 5.86. The zero-order valence-electron chi connectivity index (χ0n) is 17.5. The Bertz CT molecular complexity index is 1380. The number of carbonyl (C=O) groups is 1. The van der Waals surface area contributed by atoms with Gasteiger partial charge in [-0.3, -0.25) is 4.79 Å². The van der Waals surface area contributed by atoms with E-state index in [1.54, 1.807) is 0 Å². The molecule has 1 N–H and O–H groups in total. The highest BCUT2D eigenvalue weighted by molar-refractivity contribution is 6.29. The Morgan fingerprint density at radius 1 is 1.21 bits per heavy atom. The molecule has 0 bridgehead atoms. The fourth-order valence-electron chi connectivity index (χ4n) is 4.79. The molecule has 3 aromatic rings. The summed E-state index contributed by atoms with van der Waals surface area (Å²) in [7, 11) is 0. The lowest BCUT2D eigenvalue weighted by atomic mass is 9.87. The fraction of sp³-hybridized carbons (Fsp3) is 0.381. The quantitative estimate of drug-likeness (QED) is 0.489. The van der Waals surface area contributed by atoms with Crippen LogP contribution in [0, 0.1) is 11.2 Å². The molecule has 5 rings (SSSR count). The van der Waals surface area contributed by atoms with Crippen LogP contribution < -0.4 is 4.90 Å². The minimum atomic E-state index is -4.76. The summed E-state index contributed by atoms with van der Waals surface area (Å²) in [5.74, 6) is -8.17. The van der Waals surface area contributed by atoms with Crippen LogP contribution in [0.4, 0.5) is 37.7 Å². The average Bonchev–Trinajstić information content (AvgIpc) is 3.00. The van der Waals surface area contributed by atoms with E-state index in [2.05, 4.69) is 10.1 Å². The number of aliphatic carboxylic acids is 1. The first-order valence-corrected chi connectivity index (χ1v) is 10.3. The minimum absolute atomic E-state index is 0.0702. The molecule has 0 saturated heterocycles. The number of anilines is 2. The Balaban J connectivity index is 1.63. The SMILES string of the molecule is CC1(C(=O)O)C(c2ccc(N3C[C@@](C)(C(F)(F)F)c4c3cnc3cc(Cl)nn43)c(F)c2)C1(F)F. The van der Waals surface area contributed by atoms with Crippen LogP contribution in [0.25, 0.3) is 5.65 Å². The third-order valence-electron chi connectivity index (χ3n) is 6.94. The van der Waals surface area contributed by atoms with Crippen molar-refractivity contribution in [2.45, 2.75) is 37.3 Å². The second-order valence-corrected chi connectivity index (χ2v) is 9.31. The summed E-state index contributed by atoms with van der Waals surface area (Å²) in [6, 6.07) is 4.19. The van der Waals surface area contributed by atoms with Crippen molar-refractivity contribution >= 4 is 34.6 Å². The summed E-state index contributed by atoms with van der Waals surface area (Å²) in [6.45, 7) is 1.08. The van der Waals surface area contributed by atoms with E-state index in [0.29, 0.717) is 0 Å². The molecular weight excluding hydrogens is 490 g/mol. The molecular formula is C21H15ClF6N4O2. The van der Waals surface area contributed by atoms with Gasteiger partial charge in [-0.1, -0.05) is 17.7 Å². The smallest absolute Gasteiger partial charge is 0.401 e. The second kappa shape index (κ2) is 6.55. The zero-order valence-corrected chi connectivity index (χ0v) is 18.2. The number of benzene rings is 1. The number of halogens is 7. The first kappa shape index (κ1) is 22.8. The molecule has 3 atom stereocenters. The topological polar surface area (TPSA) is 70.7 Å². The molecule has 0 amide bonds. The van der Waals surface area contributed by atoms with Crippen LogP contribution in [0.15, 0.2) is 30.5 Å². The molecule has 2 aromatic heterocycles. The number of nitrogens with zero attached hydrogens (tertiary/aromatic N) is 4. The molecule has 2 aliphatic rings.